The number of anilines is 2. The molecule has 0 aromatic heterocycles. The number of hydrogen-bond acceptors (Lipinski definition) is 3. The summed E-state index contributed by atoms with van der Waals surface area (Å²) in [5.41, 5.74) is 4.39. The lowest BCUT2D eigenvalue weighted by Gasteiger charge is -2.30. The molecule has 1 amide bonds. The second-order valence-corrected chi connectivity index (χ2v) is 9.00. The highest BCUT2D eigenvalue weighted by Gasteiger charge is 2.29. The molecule has 1 fully saturated rings. The summed E-state index contributed by atoms with van der Waals surface area (Å²) in [4.78, 5) is 15.0. The Kier molecular flexibility index (Phi) is 4.23. The number of amides is 1. The van der Waals surface area contributed by atoms with Gasteiger partial charge in [-0.2, -0.15) is 0 Å². The highest BCUT2D eigenvalue weighted by Crippen LogP contribution is 2.31. The number of sulfonamides is 1. The molecule has 2 aliphatic heterocycles. The highest BCUT2D eigenvalue weighted by molar-refractivity contribution is 7.93. The molecule has 5 nitrogen and oxygen atoms in total. The number of hydrogen-bond donors (Lipinski definition) is 0. The number of benzene rings is 2. The molecule has 2 aliphatic rings. The molecule has 2 aromatic carbocycles. The van der Waals surface area contributed by atoms with E-state index >= 15 is 0 Å². The summed E-state index contributed by atoms with van der Waals surface area (Å²) < 4.78 is 25.8. The van der Waals surface area contributed by atoms with Gasteiger partial charge < -0.3 is 4.90 Å². The molecule has 0 aliphatic carbocycles. The van der Waals surface area contributed by atoms with E-state index in [2.05, 4.69) is 18.2 Å². The quantitative estimate of drug-likeness (QED) is 0.816. The van der Waals surface area contributed by atoms with E-state index in [1.807, 2.05) is 11.8 Å². The van der Waals surface area contributed by atoms with Gasteiger partial charge in [-0.15, -0.1) is 0 Å². The molecule has 26 heavy (non-hydrogen) atoms. The normalized spacial score (nSPS) is 18.7. The second kappa shape index (κ2) is 6.43. The first-order chi connectivity index (χ1) is 12.5. The standard InChI is InChI=1S/C20H22N2O3S/c1-15-8-9-16-6-3-10-21(19(16)13-15)20(23)17-5-2-7-18(14-17)22-11-4-12-26(22,24)25/h2,5,7-9,13-14H,3-4,6,10-12H2,1H3. The Morgan fingerprint density at radius 2 is 1.88 bits per heavy atom. The van der Waals surface area contributed by atoms with Crippen LogP contribution in [0.4, 0.5) is 11.4 Å². The molecule has 0 atom stereocenters. The lowest BCUT2D eigenvalue weighted by atomic mass is 9.99. The molecule has 0 spiro atoms. The molecule has 136 valence electrons. The molecule has 0 bridgehead atoms. The van der Waals surface area contributed by atoms with E-state index in [4.69, 9.17) is 0 Å². The average Bonchev–Trinajstić information content (AvgIpc) is 3.00. The average molecular weight is 370 g/mol. The van der Waals surface area contributed by atoms with E-state index in [-0.39, 0.29) is 11.7 Å². The third kappa shape index (κ3) is 2.98. The highest BCUT2D eigenvalue weighted by atomic mass is 32.2. The van der Waals surface area contributed by atoms with Crippen molar-refractivity contribution in [3.8, 4) is 0 Å². The van der Waals surface area contributed by atoms with Crippen LogP contribution in [0, 0.1) is 6.92 Å². The topological polar surface area (TPSA) is 57.7 Å². The van der Waals surface area contributed by atoms with Gasteiger partial charge in [-0.1, -0.05) is 18.2 Å². The van der Waals surface area contributed by atoms with Crippen molar-refractivity contribution in [3.63, 3.8) is 0 Å². The molecule has 0 saturated carbocycles. The van der Waals surface area contributed by atoms with E-state index < -0.39 is 10.0 Å². The molecule has 6 heteroatoms. The Hall–Kier alpha value is -2.34. The van der Waals surface area contributed by atoms with Gasteiger partial charge in [0.2, 0.25) is 10.0 Å². The minimum atomic E-state index is -3.25. The Bertz CT molecular complexity index is 969. The minimum Gasteiger partial charge on any atom is -0.308 e. The monoisotopic (exact) mass is 370 g/mol. The molecule has 0 N–H and O–H groups in total. The maximum atomic E-state index is 13.2. The van der Waals surface area contributed by atoms with Crippen LogP contribution in [0.3, 0.4) is 0 Å². The Morgan fingerprint density at radius 3 is 2.65 bits per heavy atom. The van der Waals surface area contributed by atoms with Crippen LogP contribution in [-0.4, -0.2) is 33.2 Å². The van der Waals surface area contributed by atoms with Crippen LogP contribution < -0.4 is 9.21 Å². The number of carbonyl (C=O) groups excluding carboxylic acids is 1. The van der Waals surface area contributed by atoms with Gasteiger partial charge in [0, 0.05) is 24.3 Å². The summed E-state index contributed by atoms with van der Waals surface area (Å²) in [5.74, 6) is 0.0965. The van der Waals surface area contributed by atoms with Gasteiger partial charge in [0.1, 0.15) is 0 Å². The van der Waals surface area contributed by atoms with Gasteiger partial charge in [0.25, 0.3) is 5.91 Å². The number of aryl methyl sites for hydroxylation is 2. The van der Waals surface area contributed by atoms with E-state index in [1.165, 1.54) is 9.87 Å². The molecule has 0 unspecified atom stereocenters. The molecular formula is C20H22N2O3S. The molecule has 1 saturated heterocycles. The van der Waals surface area contributed by atoms with Crippen LogP contribution in [0.5, 0.6) is 0 Å². The summed E-state index contributed by atoms with van der Waals surface area (Å²) >= 11 is 0. The predicted molar refractivity (Wildman–Crippen MR) is 103 cm³/mol. The Balaban J connectivity index is 1.68. The van der Waals surface area contributed by atoms with Gasteiger partial charge in [0.15, 0.2) is 0 Å². The van der Waals surface area contributed by atoms with E-state index in [1.54, 1.807) is 24.3 Å². The first-order valence-corrected chi connectivity index (χ1v) is 10.6. The smallest absolute Gasteiger partial charge is 0.258 e. The number of fused-ring (bicyclic) bond motifs is 1. The van der Waals surface area contributed by atoms with Crippen molar-refractivity contribution in [3.05, 3.63) is 59.2 Å². The van der Waals surface area contributed by atoms with Crippen LogP contribution in [-0.2, 0) is 16.4 Å². The third-order valence-corrected chi connectivity index (χ3v) is 6.95. The third-order valence-electron chi connectivity index (χ3n) is 5.08. The number of carbonyl (C=O) groups is 1. The summed E-state index contributed by atoms with van der Waals surface area (Å²) in [7, 11) is -3.25. The first kappa shape index (κ1) is 17.1. The van der Waals surface area contributed by atoms with Crippen LogP contribution in [0.2, 0.25) is 0 Å². The van der Waals surface area contributed by atoms with Gasteiger partial charge in [-0.25, -0.2) is 8.42 Å². The second-order valence-electron chi connectivity index (χ2n) is 6.98. The molecule has 0 radical (unpaired) electrons. The van der Waals surface area contributed by atoms with Crippen molar-refractivity contribution in [2.75, 3.05) is 28.0 Å². The zero-order valence-corrected chi connectivity index (χ0v) is 15.6. The summed E-state index contributed by atoms with van der Waals surface area (Å²) in [5, 5.41) is 0. The van der Waals surface area contributed by atoms with Gasteiger partial charge >= 0.3 is 0 Å². The zero-order valence-electron chi connectivity index (χ0n) is 14.8. The van der Waals surface area contributed by atoms with Gasteiger partial charge in [-0.3, -0.25) is 9.10 Å². The van der Waals surface area contributed by atoms with E-state index in [0.29, 0.717) is 30.8 Å². The van der Waals surface area contributed by atoms with Crippen LogP contribution in [0.15, 0.2) is 42.5 Å². The molecule has 2 aromatic rings. The van der Waals surface area contributed by atoms with Crippen LogP contribution in [0.25, 0.3) is 0 Å². The van der Waals surface area contributed by atoms with Crippen LogP contribution in [0.1, 0.15) is 34.3 Å². The summed E-state index contributed by atoms with van der Waals surface area (Å²) in [6, 6.07) is 13.2. The first-order valence-electron chi connectivity index (χ1n) is 8.97. The SMILES string of the molecule is Cc1ccc2c(c1)N(C(=O)c1cccc(N3CCCS3(=O)=O)c1)CCC2. The predicted octanol–water partition coefficient (Wildman–Crippen LogP) is 3.13. The fourth-order valence-electron chi connectivity index (χ4n) is 3.78. The van der Waals surface area contributed by atoms with Crippen molar-refractivity contribution in [1.29, 1.82) is 0 Å². The number of nitrogens with zero attached hydrogens (tertiary/aromatic N) is 2. The van der Waals surface area contributed by atoms with Gasteiger partial charge in [0.05, 0.1) is 11.4 Å². The lowest BCUT2D eigenvalue weighted by Crippen LogP contribution is -2.35. The number of rotatable bonds is 2. The van der Waals surface area contributed by atoms with Crippen LogP contribution >= 0.6 is 0 Å². The maximum absolute atomic E-state index is 13.2. The zero-order chi connectivity index (χ0) is 18.3. The van der Waals surface area contributed by atoms with Crippen molar-refractivity contribution >= 4 is 27.3 Å². The van der Waals surface area contributed by atoms with E-state index in [0.717, 1.165) is 24.1 Å². The molecule has 2 heterocycles. The Morgan fingerprint density at radius 1 is 1.04 bits per heavy atom. The van der Waals surface area contributed by atoms with E-state index in [9.17, 15) is 13.2 Å². The minimum absolute atomic E-state index is 0.0741. The van der Waals surface area contributed by atoms with Crippen molar-refractivity contribution in [2.45, 2.75) is 26.2 Å². The lowest BCUT2D eigenvalue weighted by molar-refractivity contribution is 0.0985. The maximum Gasteiger partial charge on any atom is 0.258 e. The summed E-state index contributed by atoms with van der Waals surface area (Å²) in [6.07, 6.45) is 2.53. The molecular weight excluding hydrogens is 348 g/mol. The molecule has 4 rings (SSSR count). The van der Waals surface area contributed by atoms with Gasteiger partial charge in [-0.05, 0) is 61.6 Å². The summed E-state index contributed by atoms with van der Waals surface area (Å²) in [6.45, 7) is 3.18. The largest absolute Gasteiger partial charge is 0.308 e. The fraction of sp³-hybridized carbons (Fsp3) is 0.350. The van der Waals surface area contributed by atoms with Crippen molar-refractivity contribution in [1.82, 2.24) is 0 Å². The van der Waals surface area contributed by atoms with Crippen molar-refractivity contribution < 1.29 is 13.2 Å². The fourth-order valence-corrected chi connectivity index (χ4v) is 5.33. The Labute approximate surface area is 154 Å². The van der Waals surface area contributed by atoms with Crippen molar-refractivity contribution in [2.24, 2.45) is 0 Å².